The molecule has 2 rings (SSSR count). The van der Waals surface area contributed by atoms with Crippen molar-refractivity contribution in [1.82, 2.24) is 0 Å². The van der Waals surface area contributed by atoms with Crippen molar-refractivity contribution < 1.29 is 9.84 Å². The van der Waals surface area contributed by atoms with E-state index >= 15 is 0 Å². The molecule has 2 heteroatoms. The van der Waals surface area contributed by atoms with E-state index in [9.17, 15) is 5.11 Å². The van der Waals surface area contributed by atoms with Crippen LogP contribution in [0.1, 0.15) is 122 Å². The van der Waals surface area contributed by atoms with Crippen molar-refractivity contribution >= 4 is 0 Å². The molecule has 4 unspecified atom stereocenters. The van der Waals surface area contributed by atoms with Crippen molar-refractivity contribution in [1.29, 1.82) is 0 Å². The Bertz CT molecular complexity index is 341. The van der Waals surface area contributed by atoms with Crippen molar-refractivity contribution in [3.63, 3.8) is 0 Å². The summed E-state index contributed by atoms with van der Waals surface area (Å²) in [6, 6.07) is 0. The topological polar surface area (TPSA) is 29.1 Å². The van der Waals surface area contributed by atoms with Gasteiger partial charge in [-0.25, -0.2) is 5.11 Å². The maximum Gasteiger partial charge on any atom is 0.0962 e. The van der Waals surface area contributed by atoms with Gasteiger partial charge >= 0.3 is 0 Å². The van der Waals surface area contributed by atoms with E-state index in [1.165, 1.54) is 96.3 Å². The van der Waals surface area contributed by atoms with Crippen LogP contribution in [-0.2, 0) is 9.84 Å². The molecular formula is C25H46O2. The Labute approximate surface area is 169 Å². The molecule has 158 valence electrons. The molecule has 0 aromatic carbocycles. The molecule has 0 heterocycles. The van der Waals surface area contributed by atoms with Gasteiger partial charge in [-0.1, -0.05) is 103 Å². The van der Waals surface area contributed by atoms with Gasteiger partial charge in [0.05, 0.1) is 12.2 Å². The highest BCUT2D eigenvalue weighted by molar-refractivity contribution is 4.95. The smallest absolute Gasteiger partial charge is 0.0962 e. The summed E-state index contributed by atoms with van der Waals surface area (Å²) in [5.74, 6) is 1.03. The van der Waals surface area contributed by atoms with Gasteiger partial charge in [0.15, 0.2) is 0 Å². The van der Waals surface area contributed by atoms with Gasteiger partial charge in [-0.3, -0.25) is 0 Å². The highest BCUT2D eigenvalue weighted by Gasteiger charge is 2.46. The second kappa shape index (κ2) is 14.9. The summed E-state index contributed by atoms with van der Waals surface area (Å²) < 4.78 is 6.06. The van der Waals surface area contributed by atoms with Crippen LogP contribution in [0.5, 0.6) is 0 Å². The molecule has 0 aromatic rings. The van der Waals surface area contributed by atoms with Gasteiger partial charge < -0.3 is 4.74 Å². The van der Waals surface area contributed by atoms with Gasteiger partial charge in [0.1, 0.15) is 0 Å². The molecule has 0 amide bonds. The lowest BCUT2D eigenvalue weighted by Gasteiger charge is -2.24. The first kappa shape index (κ1) is 23.2. The summed E-state index contributed by atoms with van der Waals surface area (Å²) >= 11 is 0. The van der Waals surface area contributed by atoms with Gasteiger partial charge in [0, 0.05) is 6.61 Å². The van der Waals surface area contributed by atoms with Crippen LogP contribution in [0.4, 0.5) is 0 Å². The number of ether oxygens (including phenoxy) is 1. The van der Waals surface area contributed by atoms with Crippen LogP contribution in [0.15, 0.2) is 0 Å². The van der Waals surface area contributed by atoms with E-state index in [4.69, 9.17) is 4.74 Å². The molecule has 0 saturated heterocycles. The van der Waals surface area contributed by atoms with E-state index in [0.29, 0.717) is 17.9 Å². The van der Waals surface area contributed by atoms with Crippen molar-refractivity contribution in [2.24, 2.45) is 11.8 Å². The molecule has 2 nitrogen and oxygen atoms in total. The van der Waals surface area contributed by atoms with Gasteiger partial charge in [-0.2, -0.15) is 0 Å². The minimum atomic E-state index is -0.275. The number of hydrogen-bond donors (Lipinski definition) is 0. The summed E-state index contributed by atoms with van der Waals surface area (Å²) in [7, 11) is 0. The van der Waals surface area contributed by atoms with Crippen LogP contribution in [0.3, 0.4) is 0 Å². The number of rotatable bonds is 18. The third kappa shape index (κ3) is 9.79. The molecule has 2 saturated carbocycles. The maximum atomic E-state index is 11.6. The summed E-state index contributed by atoms with van der Waals surface area (Å²) in [6.07, 6.45) is 25.3. The molecule has 0 aromatic heterocycles. The molecule has 2 radical (unpaired) electrons. The van der Waals surface area contributed by atoms with Crippen LogP contribution in [-0.4, -0.2) is 18.8 Å². The first-order chi connectivity index (χ1) is 13.3. The molecule has 2 bridgehead atoms. The minimum absolute atomic E-state index is 0.275. The van der Waals surface area contributed by atoms with E-state index in [2.05, 4.69) is 6.92 Å². The highest BCUT2D eigenvalue weighted by atomic mass is 16.5. The summed E-state index contributed by atoms with van der Waals surface area (Å²) in [5, 5.41) is 11.6. The van der Waals surface area contributed by atoms with E-state index in [-0.39, 0.29) is 6.10 Å². The Hall–Kier alpha value is -0.0800. The standard InChI is InChI=1S/C25H46O2/c1-2-3-4-5-6-7-8-9-10-11-12-13-14-15-16-17-18-27-25-21-22-19-23(25)20-24(22)26/h22-25H,1-21H2. The Morgan fingerprint density at radius 2 is 1.07 bits per heavy atom. The van der Waals surface area contributed by atoms with Crippen LogP contribution in [0, 0.1) is 18.8 Å². The van der Waals surface area contributed by atoms with Crippen molar-refractivity contribution in [2.75, 3.05) is 6.61 Å². The molecule has 2 fully saturated rings. The van der Waals surface area contributed by atoms with Crippen LogP contribution >= 0.6 is 0 Å². The van der Waals surface area contributed by atoms with Crippen LogP contribution in [0.25, 0.3) is 0 Å². The monoisotopic (exact) mass is 378 g/mol. The fourth-order valence-electron chi connectivity index (χ4n) is 5.19. The zero-order valence-electron chi connectivity index (χ0n) is 18.0. The average Bonchev–Trinajstić information content (AvgIpc) is 3.23. The zero-order chi connectivity index (χ0) is 19.2. The van der Waals surface area contributed by atoms with Gasteiger partial charge in [-0.15, -0.1) is 0 Å². The second-order valence-electron chi connectivity index (χ2n) is 9.33. The number of unbranched alkanes of at least 4 members (excludes halogenated alkanes) is 15. The first-order valence-corrected chi connectivity index (χ1v) is 12.4. The van der Waals surface area contributed by atoms with E-state index in [1.807, 2.05) is 0 Å². The summed E-state index contributed by atoms with van der Waals surface area (Å²) in [6.45, 7) is 4.83. The fourth-order valence-corrected chi connectivity index (χ4v) is 5.19. The van der Waals surface area contributed by atoms with Crippen molar-refractivity contribution in [3.05, 3.63) is 6.92 Å². The predicted octanol–water partition coefficient (Wildman–Crippen LogP) is 7.68. The second-order valence-corrected chi connectivity index (χ2v) is 9.33. The Morgan fingerprint density at radius 1 is 0.593 bits per heavy atom. The van der Waals surface area contributed by atoms with Crippen molar-refractivity contribution in [2.45, 2.75) is 134 Å². The lowest BCUT2D eigenvalue weighted by Crippen LogP contribution is -2.27. The molecule has 2 aliphatic carbocycles. The lowest BCUT2D eigenvalue weighted by molar-refractivity contribution is -0.0317. The summed E-state index contributed by atoms with van der Waals surface area (Å²) in [4.78, 5) is 0. The van der Waals surface area contributed by atoms with E-state index in [1.54, 1.807) is 0 Å². The summed E-state index contributed by atoms with van der Waals surface area (Å²) in [5.41, 5.74) is 0. The first-order valence-electron chi connectivity index (χ1n) is 12.4. The predicted molar refractivity (Wildman–Crippen MR) is 114 cm³/mol. The highest BCUT2D eigenvalue weighted by Crippen LogP contribution is 2.46. The van der Waals surface area contributed by atoms with Crippen molar-refractivity contribution in [3.8, 4) is 0 Å². The quantitative estimate of drug-likeness (QED) is 0.225. The third-order valence-corrected chi connectivity index (χ3v) is 6.95. The molecular weight excluding hydrogens is 332 g/mol. The Balaban J connectivity index is 1.23. The SMILES string of the molecule is [CH2]CCCCCCCCCCCCCCCCCOC1CC2CC1CC2[O]. The molecule has 0 N–H and O–H groups in total. The molecule has 2 aliphatic rings. The van der Waals surface area contributed by atoms with E-state index < -0.39 is 0 Å². The number of hydrogen-bond acceptors (Lipinski definition) is 1. The lowest BCUT2D eigenvalue weighted by atomic mass is 9.95. The van der Waals surface area contributed by atoms with Gasteiger partial charge in [0.25, 0.3) is 0 Å². The zero-order valence-corrected chi connectivity index (χ0v) is 18.0. The Kier molecular flexibility index (Phi) is 12.8. The minimum Gasteiger partial charge on any atom is -0.378 e. The Morgan fingerprint density at radius 3 is 1.48 bits per heavy atom. The van der Waals surface area contributed by atoms with Gasteiger partial charge in [0.2, 0.25) is 0 Å². The number of fused-ring (bicyclic) bond motifs is 2. The third-order valence-electron chi connectivity index (χ3n) is 6.95. The van der Waals surface area contributed by atoms with Crippen LogP contribution in [0.2, 0.25) is 0 Å². The molecule has 27 heavy (non-hydrogen) atoms. The largest absolute Gasteiger partial charge is 0.378 e. The molecule has 4 atom stereocenters. The van der Waals surface area contributed by atoms with Crippen LogP contribution < -0.4 is 0 Å². The van der Waals surface area contributed by atoms with E-state index in [0.717, 1.165) is 32.3 Å². The fraction of sp³-hybridized carbons (Fsp3) is 0.960. The average molecular weight is 379 g/mol. The normalized spacial score (nSPS) is 26.9. The van der Waals surface area contributed by atoms with Gasteiger partial charge in [-0.05, 0) is 37.5 Å². The molecule has 0 spiro atoms. The maximum absolute atomic E-state index is 11.6. The molecule has 0 aliphatic heterocycles.